The third-order valence-electron chi connectivity index (χ3n) is 5.77. The number of aliphatic carboxylic acids is 2. The van der Waals surface area contributed by atoms with Crippen molar-refractivity contribution in [3.05, 3.63) is 12.2 Å². The number of allylic oxidation sites excluding steroid dienone is 2. The van der Waals surface area contributed by atoms with Crippen molar-refractivity contribution in [2.45, 2.75) is 0 Å². The molecule has 0 spiro atoms. The smallest absolute Gasteiger partial charge is 0.234 e. The van der Waals surface area contributed by atoms with Gasteiger partial charge in [0.2, 0.25) is 23.6 Å². The van der Waals surface area contributed by atoms with Crippen LogP contribution in [-0.2, 0) is 28.8 Å². The second-order valence-electron chi connectivity index (χ2n) is 6.91. The van der Waals surface area contributed by atoms with Gasteiger partial charge >= 0.3 is 0 Å². The fourth-order valence-corrected chi connectivity index (χ4v) is 4.92. The molecule has 0 aromatic heterocycles. The van der Waals surface area contributed by atoms with Crippen molar-refractivity contribution in [2.75, 3.05) is 13.1 Å². The van der Waals surface area contributed by atoms with Gasteiger partial charge in [0, 0.05) is 11.8 Å². The number of rotatable bonds is 4. The Morgan fingerprint density at radius 1 is 0.692 bits per heavy atom. The molecule has 3 aliphatic carbocycles. The summed E-state index contributed by atoms with van der Waals surface area (Å²) in [4.78, 5) is 73.2. The topological polar surface area (TPSA) is 155 Å². The maximum atomic E-state index is 12.6. The maximum Gasteiger partial charge on any atom is 0.234 e. The number of hydrogen-bond acceptors (Lipinski definition) is 8. The summed E-state index contributed by atoms with van der Waals surface area (Å²) in [5.74, 6) is -11.3. The second-order valence-corrected chi connectivity index (χ2v) is 6.91. The largest absolute Gasteiger partial charge is 0.548 e. The molecule has 4 amide bonds. The number of nitrogens with zero attached hydrogens (tertiary/aromatic N) is 2. The molecular formula is C16H12N2O8-2. The predicted octanol–water partition coefficient (Wildman–Crippen LogP) is -4.50. The lowest BCUT2D eigenvalue weighted by Gasteiger charge is -2.44. The molecule has 1 saturated carbocycles. The SMILES string of the molecule is O=C([O-])CN1C(=O)[C@@H]2C3C=CC([C@H]2C1=O)[C@H]1C(=O)N(CC(=O)[O-])C(=O)[C@H]31. The number of carboxylic acids is 2. The van der Waals surface area contributed by atoms with Crippen LogP contribution < -0.4 is 10.2 Å². The highest BCUT2D eigenvalue weighted by Crippen LogP contribution is 2.57. The van der Waals surface area contributed by atoms with Gasteiger partial charge in [0.15, 0.2) is 0 Å². The molecular weight excluding hydrogens is 348 g/mol. The average Bonchev–Trinajstić information content (AvgIpc) is 2.98. The molecule has 5 aliphatic rings. The lowest BCUT2D eigenvalue weighted by Crippen LogP contribution is -2.50. The summed E-state index contributed by atoms with van der Waals surface area (Å²) >= 11 is 0. The third-order valence-corrected chi connectivity index (χ3v) is 5.77. The molecule has 10 nitrogen and oxygen atoms in total. The first-order valence-electron chi connectivity index (χ1n) is 8.02. The summed E-state index contributed by atoms with van der Waals surface area (Å²) in [5.41, 5.74) is 0. The van der Waals surface area contributed by atoms with Crippen molar-refractivity contribution < 1.29 is 39.0 Å². The van der Waals surface area contributed by atoms with Crippen LogP contribution in [0.5, 0.6) is 0 Å². The van der Waals surface area contributed by atoms with Crippen LogP contribution in [0.1, 0.15) is 0 Å². The number of carbonyl (C=O) groups is 6. The van der Waals surface area contributed by atoms with Crippen molar-refractivity contribution in [1.82, 2.24) is 9.80 Å². The Hall–Kier alpha value is -3.04. The summed E-state index contributed by atoms with van der Waals surface area (Å²) in [5, 5.41) is 21.7. The number of carboxylic acid groups (broad SMARTS) is 2. The van der Waals surface area contributed by atoms with Crippen molar-refractivity contribution in [2.24, 2.45) is 35.5 Å². The minimum absolute atomic E-state index is 0.604. The Labute approximate surface area is 146 Å². The molecule has 2 saturated heterocycles. The van der Waals surface area contributed by atoms with Crippen LogP contribution in [-0.4, -0.2) is 58.5 Å². The first kappa shape index (κ1) is 16.4. The van der Waals surface area contributed by atoms with Gasteiger partial charge in [0.05, 0.1) is 48.7 Å². The molecule has 5 rings (SSSR count). The van der Waals surface area contributed by atoms with E-state index in [4.69, 9.17) is 0 Å². The van der Waals surface area contributed by atoms with Crippen LogP contribution in [0.3, 0.4) is 0 Å². The zero-order chi connectivity index (χ0) is 18.9. The van der Waals surface area contributed by atoms with Crippen LogP contribution in [0.25, 0.3) is 0 Å². The van der Waals surface area contributed by atoms with Crippen LogP contribution >= 0.6 is 0 Å². The molecule has 0 unspecified atom stereocenters. The van der Waals surface area contributed by atoms with Crippen molar-refractivity contribution in [3.63, 3.8) is 0 Å². The van der Waals surface area contributed by atoms with Gasteiger partial charge in [0.25, 0.3) is 0 Å². The van der Waals surface area contributed by atoms with Gasteiger partial charge in [-0.05, 0) is 0 Å². The molecule has 2 aliphatic heterocycles. The zero-order valence-electron chi connectivity index (χ0n) is 13.2. The summed E-state index contributed by atoms with van der Waals surface area (Å²) < 4.78 is 0. The maximum absolute atomic E-state index is 12.6. The highest BCUT2D eigenvalue weighted by molar-refractivity contribution is 6.12. The third kappa shape index (κ3) is 1.92. The van der Waals surface area contributed by atoms with E-state index in [9.17, 15) is 39.0 Å². The summed E-state index contributed by atoms with van der Waals surface area (Å²) in [6.45, 7) is -1.75. The summed E-state index contributed by atoms with van der Waals surface area (Å²) in [6, 6.07) is 0. The number of amides is 4. The van der Waals surface area contributed by atoms with Crippen LogP contribution in [0, 0.1) is 35.5 Å². The van der Waals surface area contributed by atoms with Gasteiger partial charge in [-0.2, -0.15) is 0 Å². The summed E-state index contributed by atoms with van der Waals surface area (Å²) in [7, 11) is 0. The van der Waals surface area contributed by atoms with Gasteiger partial charge in [-0.3, -0.25) is 29.0 Å². The normalized spacial score (nSPS) is 37.4. The molecule has 0 aromatic carbocycles. The minimum Gasteiger partial charge on any atom is -0.548 e. The van der Waals surface area contributed by atoms with E-state index < -0.39 is 84.2 Å². The monoisotopic (exact) mass is 360 g/mol. The van der Waals surface area contributed by atoms with Gasteiger partial charge in [0.1, 0.15) is 0 Å². The fourth-order valence-electron chi connectivity index (χ4n) is 4.92. The first-order valence-corrected chi connectivity index (χ1v) is 8.02. The molecule has 2 bridgehead atoms. The minimum atomic E-state index is -1.59. The van der Waals surface area contributed by atoms with Crippen LogP contribution in [0.15, 0.2) is 12.2 Å². The summed E-state index contributed by atoms with van der Waals surface area (Å²) in [6.07, 6.45) is 3.18. The standard InChI is InChI=1S/C16H14N2O8/c19-7(20)3-17-13(23)9-5-1-2-6(11(9)15(17)25)12-10(5)14(24)18(16(12)26)4-8(21)22/h1-2,5-6,9-12H,3-4H2,(H,19,20)(H,21,22)/p-2/t5?,6?,9-,10-,11-,12-/m1/s1. The highest BCUT2D eigenvalue weighted by Gasteiger charge is 2.68. The zero-order valence-corrected chi connectivity index (χ0v) is 13.2. The molecule has 0 radical (unpaired) electrons. The van der Waals surface area contributed by atoms with Crippen molar-refractivity contribution >= 4 is 35.6 Å². The van der Waals surface area contributed by atoms with E-state index in [1.807, 2.05) is 0 Å². The van der Waals surface area contributed by atoms with E-state index in [1.54, 1.807) is 12.2 Å². The molecule has 0 aromatic rings. The van der Waals surface area contributed by atoms with E-state index in [0.717, 1.165) is 0 Å². The van der Waals surface area contributed by atoms with Gasteiger partial charge in [-0.1, -0.05) is 12.2 Å². The lowest BCUT2D eigenvalue weighted by molar-refractivity contribution is -0.306. The highest BCUT2D eigenvalue weighted by atomic mass is 16.4. The molecule has 26 heavy (non-hydrogen) atoms. The van der Waals surface area contributed by atoms with E-state index in [0.29, 0.717) is 9.80 Å². The van der Waals surface area contributed by atoms with Crippen LogP contribution in [0.2, 0.25) is 0 Å². The number of carbonyl (C=O) groups excluding carboxylic acids is 6. The second kappa shape index (κ2) is 5.23. The van der Waals surface area contributed by atoms with Gasteiger partial charge in [-0.25, -0.2) is 0 Å². The average molecular weight is 360 g/mol. The Balaban J connectivity index is 1.72. The van der Waals surface area contributed by atoms with E-state index >= 15 is 0 Å². The van der Waals surface area contributed by atoms with Gasteiger partial charge in [-0.15, -0.1) is 0 Å². The van der Waals surface area contributed by atoms with Crippen LogP contribution in [0.4, 0.5) is 0 Å². The number of imide groups is 2. The quantitative estimate of drug-likeness (QED) is 0.359. The molecule has 136 valence electrons. The number of likely N-dealkylation sites (tertiary alicyclic amines) is 2. The Morgan fingerprint density at radius 2 is 0.962 bits per heavy atom. The fraction of sp³-hybridized carbons (Fsp3) is 0.500. The van der Waals surface area contributed by atoms with Gasteiger partial charge < -0.3 is 19.8 Å². The molecule has 10 heteroatoms. The molecule has 2 heterocycles. The Morgan fingerprint density at radius 3 is 1.19 bits per heavy atom. The van der Waals surface area contributed by atoms with E-state index in [-0.39, 0.29) is 0 Å². The molecule has 0 N–H and O–H groups in total. The Bertz CT molecular complexity index is 707. The molecule has 3 fully saturated rings. The van der Waals surface area contributed by atoms with E-state index in [1.165, 1.54) is 0 Å². The van der Waals surface area contributed by atoms with E-state index in [2.05, 4.69) is 0 Å². The Kier molecular flexibility index (Phi) is 3.30. The van der Waals surface area contributed by atoms with Crippen molar-refractivity contribution in [1.29, 1.82) is 0 Å². The lowest BCUT2D eigenvalue weighted by atomic mass is 9.54. The molecule has 4 atom stereocenters. The first-order chi connectivity index (χ1) is 12.2. The van der Waals surface area contributed by atoms with Crippen molar-refractivity contribution in [3.8, 4) is 0 Å². The number of hydrogen-bond donors (Lipinski definition) is 0. The predicted molar refractivity (Wildman–Crippen MR) is 73.5 cm³/mol.